The van der Waals surface area contributed by atoms with Crippen LogP contribution in [0.4, 0.5) is 0 Å². The van der Waals surface area contributed by atoms with E-state index in [1.807, 2.05) is 5.43 Å². The molecule has 0 saturated carbocycles. The van der Waals surface area contributed by atoms with Crippen LogP contribution in [0.1, 0.15) is 27.8 Å². The van der Waals surface area contributed by atoms with Gasteiger partial charge in [0.05, 0.1) is 6.54 Å². The molecule has 0 bridgehead atoms. The number of nitrogens with one attached hydrogen (secondary N) is 1. The average molecular weight is 263 g/mol. The number of hydrogen-bond donors (Lipinski definition) is 2. The summed E-state index contributed by atoms with van der Waals surface area (Å²) in [6.45, 7) is 3.62. The van der Waals surface area contributed by atoms with Gasteiger partial charge in [0, 0.05) is 17.8 Å². The number of hydrogen-bond acceptors (Lipinski definition) is 6. The number of nitrogens with zero attached hydrogens (tertiary/aromatic N) is 3. The van der Waals surface area contributed by atoms with Crippen LogP contribution in [0.3, 0.4) is 0 Å². The van der Waals surface area contributed by atoms with Crippen molar-refractivity contribution in [2.75, 3.05) is 0 Å². The lowest BCUT2D eigenvalue weighted by Crippen LogP contribution is -2.30. The predicted molar refractivity (Wildman–Crippen MR) is 65.2 cm³/mol. The second-order valence-electron chi connectivity index (χ2n) is 4.02. The van der Waals surface area contributed by atoms with Crippen molar-refractivity contribution in [3.63, 3.8) is 0 Å². The lowest BCUT2D eigenvalue weighted by molar-refractivity contribution is 0.0944. The molecule has 0 aromatic carbocycles. The van der Waals surface area contributed by atoms with Gasteiger partial charge in [-0.3, -0.25) is 19.6 Å². The molecule has 100 valence electrons. The normalized spacial score (nSPS) is 10.5. The lowest BCUT2D eigenvalue weighted by atomic mass is 10.3. The lowest BCUT2D eigenvalue weighted by Gasteiger charge is -2.06. The van der Waals surface area contributed by atoms with E-state index in [0.29, 0.717) is 17.3 Å². The van der Waals surface area contributed by atoms with Crippen LogP contribution in [0.15, 0.2) is 21.5 Å². The standard InChI is InChI=1S/C11H13N5O3/c1-6-3-10(17)16(7(2)13-6)5-8-4-9(15-19-8)11(18)14-12/h3-4H,5,12H2,1-2H3,(H,14,18). The van der Waals surface area contributed by atoms with Gasteiger partial charge in [0.2, 0.25) is 0 Å². The van der Waals surface area contributed by atoms with E-state index >= 15 is 0 Å². The number of hydrazine groups is 1. The Labute approximate surface area is 108 Å². The Morgan fingerprint density at radius 3 is 2.84 bits per heavy atom. The minimum absolute atomic E-state index is 0.0586. The summed E-state index contributed by atoms with van der Waals surface area (Å²) in [5.41, 5.74) is 2.47. The first-order valence-corrected chi connectivity index (χ1v) is 5.53. The van der Waals surface area contributed by atoms with Crippen LogP contribution in [0, 0.1) is 13.8 Å². The highest BCUT2D eigenvalue weighted by Crippen LogP contribution is 2.06. The number of carbonyl (C=O) groups is 1. The van der Waals surface area contributed by atoms with Gasteiger partial charge in [-0.05, 0) is 13.8 Å². The van der Waals surface area contributed by atoms with Crippen molar-refractivity contribution in [2.45, 2.75) is 20.4 Å². The maximum absolute atomic E-state index is 11.8. The molecule has 2 aromatic heterocycles. The smallest absolute Gasteiger partial charge is 0.287 e. The van der Waals surface area contributed by atoms with Gasteiger partial charge < -0.3 is 4.52 Å². The third-order valence-electron chi connectivity index (χ3n) is 2.56. The number of nitrogen functional groups attached to an aromatic ring is 1. The topological polar surface area (TPSA) is 116 Å². The Morgan fingerprint density at radius 1 is 1.47 bits per heavy atom. The van der Waals surface area contributed by atoms with E-state index in [4.69, 9.17) is 10.4 Å². The first-order chi connectivity index (χ1) is 9.01. The first kappa shape index (κ1) is 13.0. The van der Waals surface area contributed by atoms with Crippen LogP contribution >= 0.6 is 0 Å². The van der Waals surface area contributed by atoms with Crippen LogP contribution in [0.2, 0.25) is 0 Å². The molecule has 8 nitrogen and oxygen atoms in total. The SMILES string of the molecule is Cc1cc(=O)n(Cc2cc(C(=O)NN)no2)c(C)n1. The van der Waals surface area contributed by atoms with E-state index < -0.39 is 5.91 Å². The van der Waals surface area contributed by atoms with Gasteiger partial charge in [0.15, 0.2) is 11.5 Å². The summed E-state index contributed by atoms with van der Waals surface area (Å²) in [5.74, 6) is 5.36. The highest BCUT2D eigenvalue weighted by atomic mass is 16.5. The van der Waals surface area contributed by atoms with Crippen molar-refractivity contribution in [3.05, 3.63) is 45.5 Å². The summed E-state index contributed by atoms with van der Waals surface area (Å²) in [6, 6.07) is 2.85. The zero-order valence-electron chi connectivity index (χ0n) is 10.5. The third kappa shape index (κ3) is 2.68. The van der Waals surface area contributed by atoms with E-state index in [-0.39, 0.29) is 17.8 Å². The maximum Gasteiger partial charge on any atom is 0.287 e. The molecule has 0 aliphatic heterocycles. The zero-order valence-corrected chi connectivity index (χ0v) is 10.5. The van der Waals surface area contributed by atoms with Crippen LogP contribution in [0.5, 0.6) is 0 Å². The minimum atomic E-state index is -0.555. The number of carbonyl (C=O) groups excluding carboxylic acids is 1. The van der Waals surface area contributed by atoms with Crippen LogP contribution in [-0.4, -0.2) is 20.6 Å². The molecule has 0 atom stereocenters. The van der Waals surface area contributed by atoms with E-state index in [1.54, 1.807) is 13.8 Å². The quantitative estimate of drug-likeness (QED) is 0.438. The Balaban J connectivity index is 2.29. The van der Waals surface area contributed by atoms with Crippen molar-refractivity contribution in [2.24, 2.45) is 5.84 Å². The summed E-state index contributed by atoms with van der Waals surface area (Å²) in [4.78, 5) is 27.2. The third-order valence-corrected chi connectivity index (χ3v) is 2.56. The number of rotatable bonds is 3. The highest BCUT2D eigenvalue weighted by molar-refractivity contribution is 5.91. The fourth-order valence-electron chi connectivity index (χ4n) is 1.68. The van der Waals surface area contributed by atoms with Crippen LogP contribution in [0.25, 0.3) is 0 Å². The fraction of sp³-hybridized carbons (Fsp3) is 0.273. The summed E-state index contributed by atoms with van der Waals surface area (Å²) >= 11 is 0. The first-order valence-electron chi connectivity index (χ1n) is 5.53. The van der Waals surface area contributed by atoms with Crippen molar-refractivity contribution in [1.82, 2.24) is 20.1 Å². The maximum atomic E-state index is 11.8. The summed E-state index contributed by atoms with van der Waals surface area (Å²) in [7, 11) is 0. The monoisotopic (exact) mass is 263 g/mol. The molecule has 0 aliphatic rings. The largest absolute Gasteiger partial charge is 0.359 e. The zero-order chi connectivity index (χ0) is 14.0. The van der Waals surface area contributed by atoms with Gasteiger partial charge in [-0.1, -0.05) is 5.16 Å². The molecule has 0 fully saturated rings. The van der Waals surface area contributed by atoms with E-state index in [9.17, 15) is 9.59 Å². The Kier molecular flexibility index (Phi) is 3.43. The second-order valence-corrected chi connectivity index (χ2v) is 4.02. The molecular weight excluding hydrogens is 250 g/mol. The van der Waals surface area contributed by atoms with Gasteiger partial charge in [0.25, 0.3) is 11.5 Å². The van der Waals surface area contributed by atoms with Gasteiger partial charge in [0.1, 0.15) is 5.82 Å². The predicted octanol–water partition coefficient (Wildman–Crippen LogP) is -0.500. The van der Waals surface area contributed by atoms with E-state index in [1.165, 1.54) is 16.7 Å². The molecule has 2 rings (SSSR count). The van der Waals surface area contributed by atoms with Crippen molar-refractivity contribution >= 4 is 5.91 Å². The molecule has 0 radical (unpaired) electrons. The molecule has 0 unspecified atom stereocenters. The molecule has 2 aromatic rings. The number of aromatic nitrogens is 3. The van der Waals surface area contributed by atoms with Gasteiger partial charge in [-0.2, -0.15) is 0 Å². The van der Waals surface area contributed by atoms with Crippen molar-refractivity contribution in [1.29, 1.82) is 0 Å². The molecule has 0 spiro atoms. The fourth-order valence-corrected chi connectivity index (χ4v) is 1.68. The molecule has 0 saturated heterocycles. The Morgan fingerprint density at radius 2 is 2.21 bits per heavy atom. The minimum Gasteiger partial charge on any atom is -0.359 e. The molecule has 3 N–H and O–H groups in total. The van der Waals surface area contributed by atoms with Crippen molar-refractivity contribution < 1.29 is 9.32 Å². The van der Waals surface area contributed by atoms with Gasteiger partial charge >= 0.3 is 0 Å². The summed E-state index contributed by atoms with van der Waals surface area (Å²) < 4.78 is 6.41. The molecule has 2 heterocycles. The number of aryl methyl sites for hydroxylation is 2. The molecule has 1 amide bonds. The van der Waals surface area contributed by atoms with Crippen LogP contribution < -0.4 is 16.8 Å². The number of amides is 1. The molecule has 19 heavy (non-hydrogen) atoms. The highest BCUT2D eigenvalue weighted by Gasteiger charge is 2.13. The van der Waals surface area contributed by atoms with E-state index in [0.717, 1.165) is 0 Å². The molecular formula is C11H13N5O3. The Hall–Kier alpha value is -2.48. The molecule has 0 aliphatic carbocycles. The Bertz CT molecular complexity index is 673. The molecule has 8 heteroatoms. The number of nitrogens with two attached hydrogens (primary N) is 1. The van der Waals surface area contributed by atoms with Crippen LogP contribution in [-0.2, 0) is 6.54 Å². The van der Waals surface area contributed by atoms with Gasteiger partial charge in [-0.15, -0.1) is 0 Å². The van der Waals surface area contributed by atoms with Crippen molar-refractivity contribution in [3.8, 4) is 0 Å². The average Bonchev–Trinajstić information content (AvgIpc) is 2.81. The van der Waals surface area contributed by atoms with Gasteiger partial charge in [-0.25, -0.2) is 10.8 Å². The second kappa shape index (κ2) is 5.02. The summed E-state index contributed by atoms with van der Waals surface area (Å²) in [6.07, 6.45) is 0. The van der Waals surface area contributed by atoms with E-state index in [2.05, 4.69) is 10.1 Å². The summed E-state index contributed by atoms with van der Waals surface area (Å²) in [5, 5.41) is 3.56.